The van der Waals surface area contributed by atoms with E-state index in [0.29, 0.717) is 19.4 Å². The van der Waals surface area contributed by atoms with Gasteiger partial charge in [0.05, 0.1) is 11.6 Å². The highest BCUT2D eigenvalue weighted by Gasteiger charge is 2.29. The van der Waals surface area contributed by atoms with Crippen molar-refractivity contribution in [3.05, 3.63) is 120 Å². The maximum atomic E-state index is 13.2. The molecule has 1 amide bonds. The molecule has 8 nitrogen and oxygen atoms in total. The maximum Gasteiger partial charge on any atom is 0.240 e. The lowest BCUT2D eigenvalue weighted by molar-refractivity contribution is -0.126. The standard InChI is InChI=1S/C33H35N7O/c1-33(2,34)32(41)37-29(19-24-21-36-28-15-9-7-13-26(24)28)31-39-38-30(18-22-10-4-3-5-11-22)40(31)17-16-23-20-35-27-14-8-6-12-25(23)27/h3-15,20-21,29,35-36H,16-19,34H2,1-2H3,(H,37,41). The number of aromatic amines is 2. The van der Waals surface area contributed by atoms with Gasteiger partial charge in [-0.25, -0.2) is 0 Å². The van der Waals surface area contributed by atoms with Gasteiger partial charge < -0.3 is 25.6 Å². The predicted octanol–water partition coefficient (Wildman–Crippen LogP) is 5.21. The van der Waals surface area contributed by atoms with Crippen molar-refractivity contribution in [3.63, 3.8) is 0 Å². The summed E-state index contributed by atoms with van der Waals surface area (Å²) in [6, 6.07) is 26.4. The zero-order chi connectivity index (χ0) is 28.4. The van der Waals surface area contributed by atoms with Crippen molar-refractivity contribution in [3.8, 4) is 0 Å². The summed E-state index contributed by atoms with van der Waals surface area (Å²) in [5, 5.41) is 14.9. The largest absolute Gasteiger partial charge is 0.361 e. The van der Waals surface area contributed by atoms with Gasteiger partial charge in [0.15, 0.2) is 5.82 Å². The minimum absolute atomic E-state index is 0.238. The fourth-order valence-corrected chi connectivity index (χ4v) is 5.40. The molecule has 0 aliphatic rings. The average molecular weight is 546 g/mol. The first-order valence-corrected chi connectivity index (χ1v) is 14.0. The van der Waals surface area contributed by atoms with Gasteiger partial charge in [-0.1, -0.05) is 66.7 Å². The van der Waals surface area contributed by atoms with E-state index in [1.165, 1.54) is 10.9 Å². The van der Waals surface area contributed by atoms with Gasteiger partial charge in [-0.05, 0) is 49.1 Å². The summed E-state index contributed by atoms with van der Waals surface area (Å²) in [7, 11) is 0. The number of carbonyl (C=O) groups excluding carboxylic acids is 1. The van der Waals surface area contributed by atoms with E-state index in [1.807, 2.05) is 42.6 Å². The quantitative estimate of drug-likeness (QED) is 0.189. The molecule has 208 valence electrons. The Hall–Kier alpha value is -4.69. The number of rotatable bonds is 10. The number of benzene rings is 3. The molecule has 0 aliphatic carbocycles. The molecule has 0 saturated carbocycles. The van der Waals surface area contributed by atoms with Crippen LogP contribution in [-0.2, 0) is 30.6 Å². The van der Waals surface area contributed by atoms with Crippen LogP contribution in [0.5, 0.6) is 0 Å². The van der Waals surface area contributed by atoms with E-state index in [9.17, 15) is 4.79 Å². The van der Waals surface area contributed by atoms with Crippen LogP contribution >= 0.6 is 0 Å². The number of para-hydroxylation sites is 2. The second-order valence-electron chi connectivity index (χ2n) is 11.2. The van der Waals surface area contributed by atoms with E-state index in [2.05, 4.69) is 73.6 Å². The Bertz CT molecular complexity index is 1790. The highest BCUT2D eigenvalue weighted by atomic mass is 16.2. The van der Waals surface area contributed by atoms with Crippen LogP contribution in [0.4, 0.5) is 0 Å². The molecule has 3 heterocycles. The summed E-state index contributed by atoms with van der Waals surface area (Å²) in [5.41, 5.74) is 10.8. The van der Waals surface area contributed by atoms with Crippen molar-refractivity contribution < 1.29 is 4.79 Å². The molecule has 6 rings (SSSR count). The SMILES string of the molecule is CC(C)(N)C(=O)NC(Cc1c[nH]c2ccccc12)c1nnc(Cc2ccccc2)n1CCc1c[nH]c2ccccc12. The van der Waals surface area contributed by atoms with E-state index in [0.717, 1.165) is 45.6 Å². The fourth-order valence-electron chi connectivity index (χ4n) is 5.40. The van der Waals surface area contributed by atoms with Crippen molar-refractivity contribution in [2.75, 3.05) is 0 Å². The third kappa shape index (κ3) is 5.64. The third-order valence-electron chi connectivity index (χ3n) is 7.64. The average Bonchev–Trinajstić information content (AvgIpc) is 3.69. The van der Waals surface area contributed by atoms with Gasteiger partial charge in [-0.2, -0.15) is 0 Å². The molecule has 41 heavy (non-hydrogen) atoms. The molecule has 0 saturated heterocycles. The van der Waals surface area contributed by atoms with Gasteiger partial charge in [0.1, 0.15) is 5.82 Å². The number of aryl methyl sites for hydroxylation is 1. The van der Waals surface area contributed by atoms with Crippen LogP contribution in [0.3, 0.4) is 0 Å². The minimum atomic E-state index is -1.04. The van der Waals surface area contributed by atoms with Gasteiger partial charge in [0.2, 0.25) is 5.91 Å². The van der Waals surface area contributed by atoms with Gasteiger partial charge >= 0.3 is 0 Å². The van der Waals surface area contributed by atoms with Crippen molar-refractivity contribution in [1.82, 2.24) is 30.0 Å². The lowest BCUT2D eigenvalue weighted by atomic mass is 10.0. The van der Waals surface area contributed by atoms with Gasteiger partial charge in [0.25, 0.3) is 0 Å². The number of aromatic nitrogens is 5. The van der Waals surface area contributed by atoms with Crippen molar-refractivity contribution in [1.29, 1.82) is 0 Å². The van der Waals surface area contributed by atoms with Crippen LogP contribution in [0.15, 0.2) is 91.3 Å². The zero-order valence-electron chi connectivity index (χ0n) is 23.4. The lowest BCUT2D eigenvalue weighted by Crippen LogP contribution is -2.50. The number of amides is 1. The summed E-state index contributed by atoms with van der Waals surface area (Å²) in [4.78, 5) is 20.0. The fraction of sp³-hybridized carbons (Fsp3) is 0.242. The number of carbonyl (C=O) groups is 1. The molecule has 3 aromatic heterocycles. The molecule has 6 aromatic rings. The number of hydrogen-bond donors (Lipinski definition) is 4. The van der Waals surface area contributed by atoms with E-state index < -0.39 is 11.6 Å². The van der Waals surface area contributed by atoms with Crippen LogP contribution in [0, 0.1) is 0 Å². The highest BCUT2D eigenvalue weighted by molar-refractivity contribution is 5.86. The number of fused-ring (bicyclic) bond motifs is 2. The first-order valence-electron chi connectivity index (χ1n) is 14.0. The second kappa shape index (κ2) is 11.1. The molecule has 0 radical (unpaired) electrons. The predicted molar refractivity (Wildman–Crippen MR) is 162 cm³/mol. The van der Waals surface area contributed by atoms with Crippen molar-refractivity contribution in [2.24, 2.45) is 5.73 Å². The van der Waals surface area contributed by atoms with Crippen molar-refractivity contribution >= 4 is 27.7 Å². The van der Waals surface area contributed by atoms with Gasteiger partial charge in [0, 0.05) is 53.6 Å². The number of H-pyrrole nitrogens is 2. The van der Waals surface area contributed by atoms with Gasteiger partial charge in [-0.3, -0.25) is 4.79 Å². The lowest BCUT2D eigenvalue weighted by Gasteiger charge is -2.25. The Labute approximate surface area is 239 Å². The number of nitrogens with one attached hydrogen (secondary N) is 3. The molecule has 0 fully saturated rings. The van der Waals surface area contributed by atoms with Crippen LogP contribution in [0.1, 0.15) is 48.2 Å². The monoisotopic (exact) mass is 545 g/mol. The first kappa shape index (κ1) is 26.5. The van der Waals surface area contributed by atoms with Crippen LogP contribution in [0.25, 0.3) is 21.8 Å². The minimum Gasteiger partial charge on any atom is -0.361 e. The molecule has 0 aliphatic heterocycles. The van der Waals surface area contributed by atoms with Crippen LogP contribution in [-0.4, -0.2) is 36.2 Å². The second-order valence-corrected chi connectivity index (χ2v) is 11.2. The number of nitrogens with zero attached hydrogens (tertiary/aromatic N) is 3. The van der Waals surface area contributed by atoms with E-state index in [1.54, 1.807) is 13.8 Å². The van der Waals surface area contributed by atoms with Gasteiger partial charge in [-0.15, -0.1) is 10.2 Å². The molecule has 1 atom stereocenters. The molecule has 5 N–H and O–H groups in total. The molecular weight excluding hydrogens is 510 g/mol. The number of hydrogen-bond acceptors (Lipinski definition) is 4. The Morgan fingerprint density at radius 3 is 2.17 bits per heavy atom. The normalized spacial score (nSPS) is 12.7. The molecule has 0 bridgehead atoms. The van der Waals surface area contributed by atoms with E-state index >= 15 is 0 Å². The Morgan fingerprint density at radius 2 is 1.49 bits per heavy atom. The molecule has 0 spiro atoms. The summed E-state index contributed by atoms with van der Waals surface area (Å²) in [6.45, 7) is 4.10. The first-order chi connectivity index (χ1) is 19.9. The van der Waals surface area contributed by atoms with Crippen LogP contribution < -0.4 is 11.1 Å². The summed E-state index contributed by atoms with van der Waals surface area (Å²) >= 11 is 0. The van der Waals surface area contributed by atoms with E-state index in [-0.39, 0.29) is 5.91 Å². The smallest absolute Gasteiger partial charge is 0.240 e. The topological polar surface area (TPSA) is 117 Å². The van der Waals surface area contributed by atoms with E-state index in [4.69, 9.17) is 10.8 Å². The summed E-state index contributed by atoms with van der Waals surface area (Å²) < 4.78 is 2.18. The van der Waals surface area contributed by atoms with Crippen molar-refractivity contribution in [2.45, 2.75) is 51.2 Å². The third-order valence-corrected chi connectivity index (χ3v) is 7.64. The highest BCUT2D eigenvalue weighted by Crippen LogP contribution is 2.26. The molecule has 3 aromatic carbocycles. The zero-order valence-corrected chi connectivity index (χ0v) is 23.4. The number of nitrogens with two attached hydrogens (primary N) is 1. The summed E-state index contributed by atoms with van der Waals surface area (Å²) in [6.07, 6.45) is 6.05. The Kier molecular flexibility index (Phi) is 7.15. The molecular formula is C33H35N7O. The Morgan fingerprint density at radius 1 is 0.878 bits per heavy atom. The molecule has 1 unspecified atom stereocenters. The molecule has 8 heteroatoms. The summed E-state index contributed by atoms with van der Waals surface area (Å²) in [5.74, 6) is 1.34. The Balaban J connectivity index is 1.39. The maximum absolute atomic E-state index is 13.2. The van der Waals surface area contributed by atoms with Crippen LogP contribution in [0.2, 0.25) is 0 Å².